The molecule has 0 aliphatic heterocycles. The fraction of sp³-hybridized carbons (Fsp3) is 0.0769. The first-order valence-corrected chi connectivity index (χ1v) is 4.87. The summed E-state index contributed by atoms with van der Waals surface area (Å²) in [6.07, 6.45) is 5.55. The van der Waals surface area contributed by atoms with E-state index in [0.717, 1.165) is 21.7 Å². The lowest BCUT2D eigenvalue weighted by Gasteiger charge is -1.95. The van der Waals surface area contributed by atoms with Gasteiger partial charge in [0.15, 0.2) is 0 Å². The Morgan fingerprint density at radius 3 is 2.20 bits per heavy atom. The van der Waals surface area contributed by atoms with Crippen LogP contribution in [-0.4, -0.2) is 9.97 Å². The highest BCUT2D eigenvalue weighted by Crippen LogP contribution is 2.02. The third-order valence-electron chi connectivity index (χ3n) is 2.18. The van der Waals surface area contributed by atoms with Crippen LogP contribution >= 0.6 is 0 Å². The molecule has 0 saturated heterocycles. The molecule has 1 heterocycles. The van der Waals surface area contributed by atoms with Gasteiger partial charge in [0.1, 0.15) is 0 Å². The summed E-state index contributed by atoms with van der Waals surface area (Å²) in [6.45, 7) is 5.63. The molecule has 0 atom stereocenters. The maximum Gasteiger partial charge on any atom is 0.0894 e. The first-order valence-electron chi connectivity index (χ1n) is 4.87. The standard InChI is InChI=1S/C13H12N2/c1-3-7-11-10(4-2)14-12-8-5-6-9-13(12)15-11/h3-9H,1H2,2H3/b10-4+,11-7+. The van der Waals surface area contributed by atoms with Crippen LogP contribution in [0.2, 0.25) is 0 Å². The lowest BCUT2D eigenvalue weighted by molar-refractivity contribution is 1.17. The molecular formula is C13H12N2. The monoisotopic (exact) mass is 196 g/mol. The van der Waals surface area contributed by atoms with Crippen LogP contribution in [0.1, 0.15) is 6.92 Å². The van der Waals surface area contributed by atoms with Crippen LogP contribution in [0.3, 0.4) is 0 Å². The lowest BCUT2D eigenvalue weighted by Crippen LogP contribution is -2.30. The van der Waals surface area contributed by atoms with E-state index in [1.54, 1.807) is 6.08 Å². The SMILES string of the molecule is C=C/C=c1/nc2ccccc2n/c1=C/C. The zero-order chi connectivity index (χ0) is 10.7. The summed E-state index contributed by atoms with van der Waals surface area (Å²) < 4.78 is 0. The number of hydrogen-bond donors (Lipinski definition) is 0. The van der Waals surface area contributed by atoms with Crippen molar-refractivity contribution in [1.29, 1.82) is 0 Å². The fourth-order valence-corrected chi connectivity index (χ4v) is 1.47. The van der Waals surface area contributed by atoms with Crippen LogP contribution in [0, 0.1) is 0 Å². The van der Waals surface area contributed by atoms with Crippen molar-refractivity contribution >= 4 is 23.2 Å². The van der Waals surface area contributed by atoms with Crippen molar-refractivity contribution in [3.8, 4) is 0 Å². The molecule has 0 unspecified atom stereocenters. The van der Waals surface area contributed by atoms with Gasteiger partial charge in [0, 0.05) is 0 Å². The molecule has 74 valence electrons. The van der Waals surface area contributed by atoms with Crippen molar-refractivity contribution in [3.63, 3.8) is 0 Å². The van der Waals surface area contributed by atoms with Crippen LogP contribution in [0.4, 0.5) is 0 Å². The zero-order valence-electron chi connectivity index (χ0n) is 8.64. The molecule has 0 aliphatic carbocycles. The summed E-state index contributed by atoms with van der Waals surface area (Å²) in [5.74, 6) is 0. The van der Waals surface area contributed by atoms with Gasteiger partial charge in [-0.15, -0.1) is 0 Å². The van der Waals surface area contributed by atoms with Gasteiger partial charge in [-0.25, -0.2) is 9.97 Å². The smallest absolute Gasteiger partial charge is 0.0894 e. The molecule has 2 rings (SSSR count). The topological polar surface area (TPSA) is 25.8 Å². The van der Waals surface area contributed by atoms with Crippen molar-refractivity contribution in [2.45, 2.75) is 6.92 Å². The van der Waals surface area contributed by atoms with Gasteiger partial charge in [0.05, 0.1) is 21.7 Å². The maximum absolute atomic E-state index is 4.52. The van der Waals surface area contributed by atoms with Crippen LogP contribution in [0.5, 0.6) is 0 Å². The third kappa shape index (κ3) is 1.79. The van der Waals surface area contributed by atoms with E-state index in [-0.39, 0.29) is 0 Å². The number of rotatable bonds is 1. The number of aromatic nitrogens is 2. The first-order chi connectivity index (χ1) is 7.35. The second-order valence-electron chi connectivity index (χ2n) is 3.17. The number of allylic oxidation sites excluding steroid dienone is 1. The third-order valence-corrected chi connectivity index (χ3v) is 2.18. The minimum absolute atomic E-state index is 0.867. The van der Waals surface area contributed by atoms with Crippen molar-refractivity contribution in [1.82, 2.24) is 9.97 Å². The predicted octanol–water partition coefficient (Wildman–Crippen LogP) is 1.40. The van der Waals surface area contributed by atoms with Gasteiger partial charge in [0.2, 0.25) is 0 Å². The largest absolute Gasteiger partial charge is 0.245 e. The summed E-state index contributed by atoms with van der Waals surface area (Å²) >= 11 is 0. The Balaban J connectivity index is 2.94. The summed E-state index contributed by atoms with van der Waals surface area (Å²) in [6, 6.07) is 7.85. The Kier molecular flexibility index (Phi) is 2.59. The van der Waals surface area contributed by atoms with E-state index in [4.69, 9.17) is 0 Å². The molecule has 2 aromatic rings. The Morgan fingerprint density at radius 1 is 1.07 bits per heavy atom. The van der Waals surface area contributed by atoms with Crippen LogP contribution in [0.25, 0.3) is 23.2 Å². The van der Waals surface area contributed by atoms with E-state index in [2.05, 4.69) is 16.5 Å². The summed E-state index contributed by atoms with van der Waals surface area (Å²) in [4.78, 5) is 9.03. The highest BCUT2D eigenvalue weighted by atomic mass is 14.8. The first kappa shape index (κ1) is 9.59. The van der Waals surface area contributed by atoms with Crippen molar-refractivity contribution < 1.29 is 0 Å². The van der Waals surface area contributed by atoms with Gasteiger partial charge < -0.3 is 0 Å². The number of nitrogens with zero attached hydrogens (tertiary/aromatic N) is 2. The Hall–Kier alpha value is -1.96. The van der Waals surface area contributed by atoms with Gasteiger partial charge in [-0.2, -0.15) is 0 Å². The molecule has 2 heteroatoms. The predicted molar refractivity (Wildman–Crippen MR) is 63.6 cm³/mol. The number of hydrogen-bond acceptors (Lipinski definition) is 2. The average Bonchev–Trinajstić information content (AvgIpc) is 2.28. The summed E-state index contributed by atoms with van der Waals surface area (Å²) in [5.41, 5.74) is 1.84. The lowest BCUT2D eigenvalue weighted by atomic mass is 10.3. The highest BCUT2D eigenvalue weighted by Gasteiger charge is 1.94. The van der Waals surface area contributed by atoms with E-state index in [1.807, 2.05) is 43.3 Å². The van der Waals surface area contributed by atoms with Gasteiger partial charge in [-0.3, -0.25) is 0 Å². The molecule has 2 nitrogen and oxygen atoms in total. The molecule has 1 aromatic heterocycles. The maximum atomic E-state index is 4.52. The number of benzene rings is 1. The van der Waals surface area contributed by atoms with E-state index < -0.39 is 0 Å². The van der Waals surface area contributed by atoms with Crippen molar-refractivity contribution in [2.24, 2.45) is 0 Å². The number of fused-ring (bicyclic) bond motifs is 1. The quantitative estimate of drug-likeness (QED) is 0.689. The van der Waals surface area contributed by atoms with Crippen LogP contribution in [0.15, 0.2) is 36.9 Å². The molecule has 0 aliphatic rings. The highest BCUT2D eigenvalue weighted by molar-refractivity contribution is 5.73. The van der Waals surface area contributed by atoms with Gasteiger partial charge in [0.25, 0.3) is 0 Å². The van der Waals surface area contributed by atoms with Crippen LogP contribution in [-0.2, 0) is 0 Å². The minimum Gasteiger partial charge on any atom is -0.245 e. The molecule has 0 amide bonds. The van der Waals surface area contributed by atoms with Crippen molar-refractivity contribution in [2.75, 3.05) is 0 Å². The molecule has 0 fully saturated rings. The second kappa shape index (κ2) is 4.05. The Bertz CT molecular complexity index is 612. The molecule has 1 aromatic carbocycles. The Labute approximate surface area is 88.3 Å². The summed E-state index contributed by atoms with van der Waals surface area (Å²) in [5, 5.41) is 1.76. The van der Waals surface area contributed by atoms with Crippen LogP contribution < -0.4 is 10.7 Å². The normalized spacial score (nSPS) is 13.4. The molecule has 0 saturated carbocycles. The van der Waals surface area contributed by atoms with E-state index in [1.165, 1.54) is 0 Å². The molecule has 15 heavy (non-hydrogen) atoms. The number of para-hydroxylation sites is 2. The molecular weight excluding hydrogens is 184 g/mol. The van der Waals surface area contributed by atoms with Crippen molar-refractivity contribution in [3.05, 3.63) is 47.6 Å². The molecule has 0 radical (unpaired) electrons. The van der Waals surface area contributed by atoms with E-state index in [9.17, 15) is 0 Å². The van der Waals surface area contributed by atoms with E-state index in [0.29, 0.717) is 0 Å². The van der Waals surface area contributed by atoms with Gasteiger partial charge in [-0.1, -0.05) is 30.9 Å². The zero-order valence-corrected chi connectivity index (χ0v) is 8.64. The van der Waals surface area contributed by atoms with Gasteiger partial charge in [-0.05, 0) is 25.1 Å². The molecule has 0 N–H and O–H groups in total. The van der Waals surface area contributed by atoms with E-state index >= 15 is 0 Å². The summed E-state index contributed by atoms with van der Waals surface area (Å²) in [7, 11) is 0. The Morgan fingerprint density at radius 2 is 1.67 bits per heavy atom. The van der Waals surface area contributed by atoms with Gasteiger partial charge >= 0.3 is 0 Å². The average molecular weight is 196 g/mol. The fourth-order valence-electron chi connectivity index (χ4n) is 1.47. The minimum atomic E-state index is 0.867. The second-order valence-corrected chi connectivity index (χ2v) is 3.17. The molecule has 0 spiro atoms. The molecule has 0 bridgehead atoms.